The molecule has 1 amide bonds. The number of ether oxygens (including phenoxy) is 1. The van der Waals surface area contributed by atoms with E-state index in [0.717, 1.165) is 17.7 Å². The number of carbonyl (C=O) groups excluding carboxylic acids is 1. The predicted molar refractivity (Wildman–Crippen MR) is 101 cm³/mol. The fraction of sp³-hybridized carbons (Fsp3) is 0.250. The molecule has 1 heterocycles. The van der Waals surface area contributed by atoms with Crippen molar-refractivity contribution in [3.8, 4) is 5.75 Å². The van der Waals surface area contributed by atoms with Gasteiger partial charge >= 0.3 is 0 Å². The molecular formula is C20H22N4O3. The lowest BCUT2D eigenvalue weighted by Gasteiger charge is -2.07. The molecule has 0 aliphatic heterocycles. The van der Waals surface area contributed by atoms with Gasteiger partial charge in [0.05, 0.1) is 0 Å². The molecule has 0 radical (unpaired) electrons. The van der Waals surface area contributed by atoms with Crippen LogP contribution in [0.15, 0.2) is 53.1 Å². The average molecular weight is 366 g/mol. The monoisotopic (exact) mass is 366 g/mol. The third-order valence-electron chi connectivity index (χ3n) is 3.98. The smallest absolute Gasteiger partial charge is 0.251 e. The second-order valence-electron chi connectivity index (χ2n) is 6.02. The van der Waals surface area contributed by atoms with Gasteiger partial charge < -0.3 is 20.3 Å². The summed E-state index contributed by atoms with van der Waals surface area (Å²) in [6.45, 7) is 2.72. The summed E-state index contributed by atoms with van der Waals surface area (Å²) in [6.07, 6.45) is 1.44. The molecular weight excluding hydrogens is 344 g/mol. The Labute approximate surface area is 157 Å². The molecule has 140 valence electrons. The minimum Gasteiger partial charge on any atom is -0.485 e. The molecule has 0 saturated heterocycles. The third-order valence-corrected chi connectivity index (χ3v) is 3.98. The molecule has 3 aromatic rings. The van der Waals surface area contributed by atoms with E-state index in [1.807, 2.05) is 31.2 Å². The molecule has 3 N–H and O–H groups in total. The van der Waals surface area contributed by atoms with Crippen molar-refractivity contribution in [1.29, 1.82) is 0 Å². The van der Waals surface area contributed by atoms with Gasteiger partial charge in [0.25, 0.3) is 5.91 Å². The number of nitrogens with two attached hydrogens (primary N) is 1. The SMILES string of the molecule is CCc1nc(COc2ccc(C(=O)NCCc3ccc(N)cc3)cc2)no1. The van der Waals surface area contributed by atoms with E-state index in [4.69, 9.17) is 15.0 Å². The number of hydrogen-bond donors (Lipinski definition) is 2. The van der Waals surface area contributed by atoms with Gasteiger partial charge in [-0.25, -0.2) is 0 Å². The second kappa shape index (κ2) is 8.84. The molecule has 3 rings (SSSR count). The first-order valence-electron chi connectivity index (χ1n) is 8.81. The topological polar surface area (TPSA) is 103 Å². The number of anilines is 1. The first-order valence-corrected chi connectivity index (χ1v) is 8.81. The van der Waals surface area contributed by atoms with Crippen LogP contribution in [0.4, 0.5) is 5.69 Å². The number of carbonyl (C=O) groups is 1. The molecule has 0 atom stereocenters. The Morgan fingerprint density at radius 2 is 1.89 bits per heavy atom. The van der Waals surface area contributed by atoms with E-state index < -0.39 is 0 Å². The van der Waals surface area contributed by atoms with Crippen molar-refractivity contribution in [3.63, 3.8) is 0 Å². The number of nitrogen functional groups attached to an aromatic ring is 1. The number of aromatic nitrogens is 2. The van der Waals surface area contributed by atoms with E-state index in [0.29, 0.717) is 36.0 Å². The number of nitrogens with zero attached hydrogens (tertiary/aromatic N) is 2. The van der Waals surface area contributed by atoms with Gasteiger partial charge in [-0.15, -0.1) is 0 Å². The number of aryl methyl sites for hydroxylation is 1. The summed E-state index contributed by atoms with van der Waals surface area (Å²) in [5.74, 6) is 1.59. The van der Waals surface area contributed by atoms with Crippen LogP contribution in [0, 0.1) is 0 Å². The zero-order valence-electron chi connectivity index (χ0n) is 15.1. The fourth-order valence-electron chi connectivity index (χ4n) is 2.45. The van der Waals surface area contributed by atoms with Gasteiger partial charge in [-0.2, -0.15) is 4.98 Å². The van der Waals surface area contributed by atoms with Crippen LogP contribution in [0.1, 0.15) is 34.6 Å². The minimum atomic E-state index is -0.122. The van der Waals surface area contributed by atoms with E-state index in [9.17, 15) is 4.79 Å². The van der Waals surface area contributed by atoms with Crippen molar-refractivity contribution < 1.29 is 14.1 Å². The molecule has 0 aliphatic rings. The molecule has 0 unspecified atom stereocenters. The number of hydrogen-bond acceptors (Lipinski definition) is 6. The first-order chi connectivity index (χ1) is 13.1. The Balaban J connectivity index is 1.45. The van der Waals surface area contributed by atoms with Gasteiger partial charge in [0.1, 0.15) is 5.75 Å². The molecule has 0 aliphatic carbocycles. The molecule has 27 heavy (non-hydrogen) atoms. The summed E-state index contributed by atoms with van der Waals surface area (Å²) in [5.41, 5.74) is 8.10. The number of rotatable bonds is 8. The largest absolute Gasteiger partial charge is 0.485 e. The van der Waals surface area contributed by atoms with Crippen molar-refractivity contribution in [3.05, 3.63) is 71.4 Å². The summed E-state index contributed by atoms with van der Waals surface area (Å²) < 4.78 is 10.6. The Morgan fingerprint density at radius 3 is 2.56 bits per heavy atom. The third kappa shape index (κ3) is 5.31. The van der Waals surface area contributed by atoms with Gasteiger partial charge in [-0.1, -0.05) is 24.2 Å². The van der Waals surface area contributed by atoms with Crippen LogP contribution in [0.3, 0.4) is 0 Å². The fourth-order valence-corrected chi connectivity index (χ4v) is 2.45. The van der Waals surface area contributed by atoms with Crippen molar-refractivity contribution in [2.75, 3.05) is 12.3 Å². The highest BCUT2D eigenvalue weighted by Gasteiger charge is 2.07. The number of nitrogens with one attached hydrogen (secondary N) is 1. The second-order valence-corrected chi connectivity index (χ2v) is 6.02. The van der Waals surface area contributed by atoms with E-state index in [-0.39, 0.29) is 12.5 Å². The van der Waals surface area contributed by atoms with Crippen LogP contribution < -0.4 is 15.8 Å². The van der Waals surface area contributed by atoms with Crippen LogP contribution in [-0.2, 0) is 19.4 Å². The van der Waals surface area contributed by atoms with Crippen molar-refractivity contribution in [1.82, 2.24) is 15.5 Å². The van der Waals surface area contributed by atoms with Gasteiger partial charge in [0.2, 0.25) is 11.7 Å². The average Bonchev–Trinajstić information content (AvgIpc) is 3.16. The molecule has 7 nitrogen and oxygen atoms in total. The summed E-state index contributed by atoms with van der Waals surface area (Å²) in [5, 5.41) is 6.73. The highest BCUT2D eigenvalue weighted by atomic mass is 16.5. The molecule has 0 bridgehead atoms. The molecule has 2 aromatic carbocycles. The number of amides is 1. The molecule has 0 fully saturated rings. The lowest BCUT2D eigenvalue weighted by molar-refractivity contribution is 0.0954. The minimum absolute atomic E-state index is 0.122. The Kier molecular flexibility index (Phi) is 6.04. The van der Waals surface area contributed by atoms with E-state index in [1.165, 1.54) is 0 Å². The summed E-state index contributed by atoms with van der Waals surface area (Å²) >= 11 is 0. The highest BCUT2D eigenvalue weighted by Crippen LogP contribution is 2.14. The molecule has 0 spiro atoms. The van der Waals surface area contributed by atoms with Gasteiger partial charge in [-0.3, -0.25) is 4.79 Å². The van der Waals surface area contributed by atoms with E-state index in [1.54, 1.807) is 24.3 Å². The van der Waals surface area contributed by atoms with Crippen molar-refractivity contribution in [2.24, 2.45) is 0 Å². The van der Waals surface area contributed by atoms with Gasteiger partial charge in [-0.05, 0) is 48.4 Å². The van der Waals surface area contributed by atoms with E-state index in [2.05, 4.69) is 15.5 Å². The van der Waals surface area contributed by atoms with Crippen LogP contribution in [0.2, 0.25) is 0 Å². The normalized spacial score (nSPS) is 10.6. The maximum Gasteiger partial charge on any atom is 0.251 e. The van der Waals surface area contributed by atoms with Crippen molar-refractivity contribution in [2.45, 2.75) is 26.4 Å². The predicted octanol–water partition coefficient (Wildman–Crippen LogP) is 2.77. The molecule has 7 heteroatoms. The van der Waals surface area contributed by atoms with Gasteiger partial charge in [0, 0.05) is 24.2 Å². The maximum atomic E-state index is 12.2. The van der Waals surface area contributed by atoms with Crippen LogP contribution in [0.5, 0.6) is 5.75 Å². The Morgan fingerprint density at radius 1 is 1.15 bits per heavy atom. The van der Waals surface area contributed by atoms with Crippen LogP contribution in [0.25, 0.3) is 0 Å². The zero-order chi connectivity index (χ0) is 19.1. The van der Waals surface area contributed by atoms with Crippen molar-refractivity contribution >= 4 is 11.6 Å². The lowest BCUT2D eigenvalue weighted by atomic mass is 10.1. The Bertz CT molecular complexity index is 873. The lowest BCUT2D eigenvalue weighted by Crippen LogP contribution is -2.25. The quantitative estimate of drug-likeness (QED) is 0.594. The summed E-state index contributed by atoms with van der Waals surface area (Å²) in [4.78, 5) is 16.4. The standard InChI is InChI=1S/C20H22N4O3/c1-2-19-23-18(24-27-19)13-26-17-9-5-15(6-10-17)20(25)22-12-11-14-3-7-16(21)8-4-14/h3-10H,2,11-13,21H2,1H3,(H,22,25). The first kappa shape index (κ1) is 18.4. The Hall–Kier alpha value is -3.35. The summed E-state index contributed by atoms with van der Waals surface area (Å²) in [7, 11) is 0. The highest BCUT2D eigenvalue weighted by molar-refractivity contribution is 5.94. The number of benzene rings is 2. The van der Waals surface area contributed by atoms with Gasteiger partial charge in [0.15, 0.2) is 6.61 Å². The zero-order valence-corrected chi connectivity index (χ0v) is 15.1. The molecule has 1 aromatic heterocycles. The van der Waals surface area contributed by atoms with Crippen LogP contribution >= 0.6 is 0 Å². The molecule has 0 saturated carbocycles. The van der Waals surface area contributed by atoms with Crippen LogP contribution in [-0.4, -0.2) is 22.6 Å². The maximum absolute atomic E-state index is 12.2. The summed E-state index contributed by atoms with van der Waals surface area (Å²) in [6, 6.07) is 14.6. The van der Waals surface area contributed by atoms with E-state index >= 15 is 0 Å².